The molecule has 0 radical (unpaired) electrons. The van der Waals surface area contributed by atoms with E-state index in [1.54, 1.807) is 30.3 Å². The molecular formula is C21H19FN2O5. The van der Waals surface area contributed by atoms with Crippen molar-refractivity contribution in [2.75, 3.05) is 7.11 Å². The fourth-order valence-corrected chi connectivity index (χ4v) is 3.45. The van der Waals surface area contributed by atoms with Gasteiger partial charge in [0.2, 0.25) is 11.8 Å². The van der Waals surface area contributed by atoms with Gasteiger partial charge >= 0.3 is 0 Å². The molecule has 1 saturated heterocycles. The summed E-state index contributed by atoms with van der Waals surface area (Å²) in [6.07, 6.45) is -0.0971. The molecule has 8 heteroatoms. The summed E-state index contributed by atoms with van der Waals surface area (Å²) in [5.41, 5.74) is 1.16. The zero-order chi connectivity index (χ0) is 21.5. The molecular weight excluding hydrogens is 379 g/mol. The second-order valence-electron chi connectivity index (χ2n) is 6.74. The van der Waals surface area contributed by atoms with Gasteiger partial charge in [0.25, 0.3) is 5.91 Å². The first-order valence-corrected chi connectivity index (χ1v) is 9.07. The molecule has 2 aromatic carbocycles. The third kappa shape index (κ3) is 3.53. The monoisotopic (exact) mass is 399 g/mol. The van der Waals surface area contributed by atoms with Crippen LogP contribution >= 0.6 is 0 Å². The Morgan fingerprint density at radius 2 is 2.10 bits per heavy atom. The van der Waals surface area contributed by atoms with E-state index in [1.165, 1.54) is 13.2 Å². The molecule has 1 atom stereocenters. The number of methoxy groups -OCH3 is 1. The summed E-state index contributed by atoms with van der Waals surface area (Å²) >= 11 is 0. The Hall–Kier alpha value is -3.42. The number of rotatable bonds is 5. The summed E-state index contributed by atoms with van der Waals surface area (Å²) in [7, 11) is 1.45. The number of ether oxygens (including phenoxy) is 2. The van der Waals surface area contributed by atoms with Gasteiger partial charge in [0.15, 0.2) is 0 Å². The highest BCUT2D eigenvalue weighted by molar-refractivity contribution is 6.05. The second kappa shape index (κ2) is 7.54. The third-order valence-electron chi connectivity index (χ3n) is 5.00. The molecule has 150 valence electrons. The van der Waals surface area contributed by atoms with Gasteiger partial charge in [-0.25, -0.2) is 4.39 Å². The van der Waals surface area contributed by atoms with Crippen LogP contribution in [0.5, 0.6) is 11.5 Å². The number of fused-ring (bicyclic) bond motifs is 1. The van der Waals surface area contributed by atoms with Gasteiger partial charge in [0, 0.05) is 29.2 Å². The summed E-state index contributed by atoms with van der Waals surface area (Å²) in [5, 5.41) is 2.13. The van der Waals surface area contributed by atoms with E-state index in [1.807, 2.05) is 0 Å². The zero-order valence-corrected chi connectivity index (χ0v) is 15.7. The lowest BCUT2D eigenvalue weighted by Gasteiger charge is -2.29. The Kier molecular flexibility index (Phi) is 4.59. The maximum atomic E-state index is 14.2. The van der Waals surface area contributed by atoms with Crippen LogP contribution < -0.4 is 14.8 Å². The summed E-state index contributed by atoms with van der Waals surface area (Å²) in [6, 6.07) is 7.43. The van der Waals surface area contributed by atoms with Crippen LogP contribution in [-0.4, -0.2) is 35.7 Å². The average molecular weight is 399 g/mol. The van der Waals surface area contributed by atoms with Crippen LogP contribution in [0.1, 0.15) is 35.7 Å². The lowest BCUT2D eigenvalue weighted by Crippen LogP contribution is -2.52. The van der Waals surface area contributed by atoms with Crippen molar-refractivity contribution in [2.45, 2.75) is 32.0 Å². The van der Waals surface area contributed by atoms with Gasteiger partial charge in [0.05, 0.1) is 15.0 Å². The van der Waals surface area contributed by atoms with E-state index in [4.69, 9.17) is 10.8 Å². The smallest absolute Gasteiger partial charge is 0.255 e. The summed E-state index contributed by atoms with van der Waals surface area (Å²) in [6.45, 7) is -0.0813. The average Bonchev–Trinajstić information content (AvgIpc) is 3.08. The molecule has 0 aliphatic carbocycles. The molecule has 0 bridgehead atoms. The van der Waals surface area contributed by atoms with Crippen LogP contribution in [0.15, 0.2) is 36.4 Å². The Bertz CT molecular complexity index is 1060. The Morgan fingerprint density at radius 3 is 2.83 bits per heavy atom. The molecule has 7 nitrogen and oxygen atoms in total. The van der Waals surface area contributed by atoms with E-state index < -0.39 is 29.6 Å². The Morgan fingerprint density at radius 1 is 1.28 bits per heavy atom. The SMILES string of the molecule is [2H][C@@]1(N2Cc3c(OCc4ccc(OC)cc4F)cccc3C2=O)CCC(=O)NC1=O. The number of nitrogens with zero attached hydrogens (tertiary/aromatic N) is 1. The summed E-state index contributed by atoms with van der Waals surface area (Å²) in [5.74, 6) is -1.48. The van der Waals surface area contributed by atoms with Crippen molar-refractivity contribution in [1.82, 2.24) is 10.2 Å². The van der Waals surface area contributed by atoms with Crippen LogP contribution in [0.3, 0.4) is 0 Å². The predicted octanol–water partition coefficient (Wildman–Crippen LogP) is 2.17. The van der Waals surface area contributed by atoms with E-state index in [9.17, 15) is 18.8 Å². The number of benzene rings is 2. The Labute approximate surface area is 167 Å². The molecule has 2 heterocycles. The van der Waals surface area contributed by atoms with Crippen molar-refractivity contribution in [3.8, 4) is 11.5 Å². The number of nitrogens with one attached hydrogen (secondary N) is 1. The van der Waals surface area contributed by atoms with Crippen LogP contribution in [-0.2, 0) is 22.7 Å². The van der Waals surface area contributed by atoms with E-state index in [2.05, 4.69) is 5.32 Å². The lowest BCUT2D eigenvalue weighted by atomic mass is 10.0. The molecule has 2 aliphatic rings. The molecule has 1 fully saturated rings. The zero-order valence-electron chi connectivity index (χ0n) is 16.7. The van der Waals surface area contributed by atoms with E-state index in [-0.39, 0.29) is 26.0 Å². The van der Waals surface area contributed by atoms with Crippen molar-refractivity contribution in [3.63, 3.8) is 0 Å². The summed E-state index contributed by atoms with van der Waals surface area (Å²) in [4.78, 5) is 37.8. The number of amides is 3. The molecule has 4 rings (SSSR count). The van der Waals surface area contributed by atoms with E-state index in [0.717, 1.165) is 4.90 Å². The molecule has 3 amide bonds. The molecule has 1 N–H and O–H groups in total. The number of carbonyl (C=O) groups is 3. The largest absolute Gasteiger partial charge is 0.497 e. The minimum Gasteiger partial charge on any atom is -0.497 e. The van der Waals surface area contributed by atoms with E-state index in [0.29, 0.717) is 28.2 Å². The number of hydrogen-bond donors (Lipinski definition) is 1. The highest BCUT2D eigenvalue weighted by atomic mass is 19.1. The van der Waals surface area contributed by atoms with Crippen molar-refractivity contribution in [3.05, 3.63) is 58.9 Å². The highest BCUT2D eigenvalue weighted by Gasteiger charge is 2.40. The molecule has 2 aliphatic heterocycles. The predicted molar refractivity (Wildman–Crippen MR) is 99.8 cm³/mol. The maximum Gasteiger partial charge on any atom is 0.255 e. The minimum absolute atomic E-state index is 0.0133. The fraction of sp³-hybridized carbons (Fsp3) is 0.286. The van der Waals surface area contributed by atoms with Gasteiger partial charge in [-0.15, -0.1) is 0 Å². The van der Waals surface area contributed by atoms with Crippen molar-refractivity contribution < 1.29 is 29.6 Å². The third-order valence-corrected chi connectivity index (χ3v) is 5.00. The van der Waals surface area contributed by atoms with Gasteiger partial charge < -0.3 is 14.4 Å². The standard InChI is InChI=1S/C21H19FN2O5/c1-28-13-6-5-12(16(22)9-13)11-29-18-4-2-3-14-15(18)10-24(21(14)27)17-7-8-19(25)23-20(17)26/h2-6,9,17H,7-8,10-11H2,1H3,(H,23,25,26)/t17-/m1/s1/i17D. The number of carbonyl (C=O) groups excluding carboxylic acids is 3. The second-order valence-corrected chi connectivity index (χ2v) is 6.74. The first-order valence-electron chi connectivity index (χ1n) is 9.57. The quantitative estimate of drug-likeness (QED) is 0.779. The summed E-state index contributed by atoms with van der Waals surface area (Å²) < 4.78 is 33.5. The number of imide groups is 1. The van der Waals surface area contributed by atoms with Gasteiger partial charge in [0.1, 0.15) is 29.9 Å². The number of piperidine rings is 1. The molecule has 2 aromatic rings. The molecule has 0 saturated carbocycles. The molecule has 0 aromatic heterocycles. The van der Waals surface area contributed by atoms with Gasteiger partial charge in [-0.1, -0.05) is 6.07 Å². The topological polar surface area (TPSA) is 84.9 Å². The number of halogens is 1. The van der Waals surface area contributed by atoms with Crippen molar-refractivity contribution >= 4 is 17.7 Å². The number of hydrogen-bond acceptors (Lipinski definition) is 5. The fourth-order valence-electron chi connectivity index (χ4n) is 3.45. The first kappa shape index (κ1) is 17.7. The minimum atomic E-state index is -1.87. The lowest BCUT2D eigenvalue weighted by molar-refractivity contribution is -0.136. The van der Waals surface area contributed by atoms with Gasteiger partial charge in [-0.05, 0) is 30.7 Å². The molecule has 29 heavy (non-hydrogen) atoms. The molecule has 0 spiro atoms. The maximum absolute atomic E-state index is 14.2. The van der Waals surface area contributed by atoms with Crippen LogP contribution in [0, 0.1) is 5.82 Å². The van der Waals surface area contributed by atoms with E-state index >= 15 is 0 Å². The normalized spacial score (nSPS) is 21.5. The highest BCUT2D eigenvalue weighted by Crippen LogP contribution is 2.34. The van der Waals surface area contributed by atoms with Crippen molar-refractivity contribution in [2.24, 2.45) is 0 Å². The van der Waals surface area contributed by atoms with Crippen molar-refractivity contribution in [1.29, 1.82) is 0 Å². The van der Waals surface area contributed by atoms with Gasteiger partial charge in [-0.2, -0.15) is 0 Å². The van der Waals surface area contributed by atoms with Gasteiger partial charge in [-0.3, -0.25) is 19.7 Å². The van der Waals surface area contributed by atoms with Crippen LogP contribution in [0.4, 0.5) is 4.39 Å². The van der Waals surface area contributed by atoms with Crippen LogP contribution in [0.25, 0.3) is 0 Å². The Balaban J connectivity index is 1.56. The van der Waals surface area contributed by atoms with Crippen LogP contribution in [0.2, 0.25) is 0 Å². The molecule has 0 unspecified atom stereocenters. The first-order chi connectivity index (χ1) is 14.3.